The highest BCUT2D eigenvalue weighted by atomic mass is 79.9. The average Bonchev–Trinajstić information content (AvgIpc) is 2.90. The molecule has 0 aliphatic heterocycles. The van der Waals surface area contributed by atoms with Gasteiger partial charge < -0.3 is 10.4 Å². The first-order valence-electron chi connectivity index (χ1n) is 7.71. The Bertz CT molecular complexity index is 876. The molecule has 3 rings (SSSR count). The first kappa shape index (κ1) is 17.3. The largest absolute Gasteiger partial charge is 0.476 e. The first-order chi connectivity index (χ1) is 12.1. The van der Waals surface area contributed by atoms with Gasteiger partial charge in [-0.3, -0.25) is 9.67 Å². The van der Waals surface area contributed by atoms with Gasteiger partial charge in [-0.05, 0) is 44.8 Å². The number of aromatic carboxylic acids is 1. The van der Waals surface area contributed by atoms with Crippen molar-refractivity contribution in [1.29, 1.82) is 0 Å². The van der Waals surface area contributed by atoms with Gasteiger partial charge in [-0.1, -0.05) is 24.3 Å². The Kier molecular flexibility index (Phi) is 5.25. The molecule has 6 nitrogen and oxygen atoms in total. The molecule has 2 aromatic heterocycles. The molecule has 0 aliphatic carbocycles. The minimum absolute atomic E-state index is 0.151. The van der Waals surface area contributed by atoms with Gasteiger partial charge in [0.25, 0.3) is 0 Å². The summed E-state index contributed by atoms with van der Waals surface area (Å²) in [5, 5.41) is 16.7. The highest BCUT2D eigenvalue weighted by molar-refractivity contribution is 9.10. The van der Waals surface area contributed by atoms with Crippen LogP contribution in [0.1, 0.15) is 21.7 Å². The number of benzene rings is 1. The predicted octanol–water partition coefficient (Wildman–Crippen LogP) is 3.23. The van der Waals surface area contributed by atoms with Crippen LogP contribution in [0.25, 0.3) is 11.1 Å². The Hall–Kier alpha value is -2.51. The summed E-state index contributed by atoms with van der Waals surface area (Å²) in [7, 11) is 1.62. The van der Waals surface area contributed by atoms with Crippen LogP contribution in [0.4, 0.5) is 0 Å². The van der Waals surface area contributed by atoms with Crippen molar-refractivity contribution in [3.63, 3.8) is 0 Å². The van der Waals surface area contributed by atoms with Crippen molar-refractivity contribution in [1.82, 2.24) is 20.1 Å². The molecule has 3 aromatic rings. The van der Waals surface area contributed by atoms with Crippen molar-refractivity contribution in [2.75, 3.05) is 0 Å². The van der Waals surface area contributed by atoms with E-state index in [4.69, 9.17) is 5.11 Å². The van der Waals surface area contributed by atoms with E-state index in [0.717, 1.165) is 16.7 Å². The number of carbonyl (C=O) groups is 1. The van der Waals surface area contributed by atoms with Gasteiger partial charge in [-0.15, -0.1) is 0 Å². The van der Waals surface area contributed by atoms with Gasteiger partial charge >= 0.3 is 5.97 Å². The molecular formula is C18H17BrN4O2. The van der Waals surface area contributed by atoms with E-state index in [1.165, 1.54) is 4.68 Å². The maximum absolute atomic E-state index is 11.2. The van der Waals surface area contributed by atoms with Crippen LogP contribution in [-0.4, -0.2) is 25.8 Å². The Balaban J connectivity index is 1.61. The van der Waals surface area contributed by atoms with Gasteiger partial charge in [0.1, 0.15) is 0 Å². The van der Waals surface area contributed by atoms with E-state index < -0.39 is 5.97 Å². The van der Waals surface area contributed by atoms with Crippen LogP contribution in [0.5, 0.6) is 0 Å². The van der Waals surface area contributed by atoms with Crippen LogP contribution in [0, 0.1) is 0 Å². The molecule has 0 spiro atoms. The lowest BCUT2D eigenvalue weighted by molar-refractivity contribution is 0.0684. The maximum Gasteiger partial charge on any atom is 0.355 e. The molecule has 0 saturated carbocycles. The summed E-state index contributed by atoms with van der Waals surface area (Å²) in [6.07, 6.45) is 3.56. The van der Waals surface area contributed by atoms with Crippen LogP contribution in [-0.2, 0) is 20.1 Å². The lowest BCUT2D eigenvalue weighted by Gasteiger charge is -2.06. The molecule has 0 aliphatic rings. The van der Waals surface area contributed by atoms with Crippen molar-refractivity contribution >= 4 is 21.9 Å². The zero-order chi connectivity index (χ0) is 17.8. The molecular weight excluding hydrogens is 384 g/mol. The molecule has 0 bridgehead atoms. The Morgan fingerprint density at radius 3 is 2.36 bits per heavy atom. The molecule has 0 fully saturated rings. The quantitative estimate of drug-likeness (QED) is 0.663. The van der Waals surface area contributed by atoms with Gasteiger partial charge in [-0.25, -0.2) is 4.79 Å². The fourth-order valence-corrected chi connectivity index (χ4v) is 3.23. The number of halogens is 1. The third-order valence-electron chi connectivity index (χ3n) is 3.85. The van der Waals surface area contributed by atoms with Crippen LogP contribution in [0.2, 0.25) is 0 Å². The molecule has 2 heterocycles. The number of aromatic nitrogens is 3. The van der Waals surface area contributed by atoms with Gasteiger partial charge in [0.2, 0.25) is 0 Å². The number of pyridine rings is 1. The van der Waals surface area contributed by atoms with Gasteiger partial charge in [-0.2, -0.15) is 5.10 Å². The molecule has 0 radical (unpaired) electrons. The summed E-state index contributed by atoms with van der Waals surface area (Å²) in [5.74, 6) is -1.00. The summed E-state index contributed by atoms with van der Waals surface area (Å²) in [6.45, 7) is 1.15. The topological polar surface area (TPSA) is 80.0 Å². The number of nitrogens with one attached hydrogen (secondary N) is 1. The second kappa shape index (κ2) is 7.58. The van der Waals surface area contributed by atoms with E-state index in [2.05, 4.69) is 55.6 Å². The van der Waals surface area contributed by atoms with Gasteiger partial charge in [0.05, 0.1) is 10.2 Å². The lowest BCUT2D eigenvalue weighted by Crippen LogP contribution is -2.13. The third-order valence-corrected chi connectivity index (χ3v) is 4.68. The van der Waals surface area contributed by atoms with E-state index in [1.54, 1.807) is 19.4 Å². The molecule has 1 aromatic carbocycles. The number of carboxylic acid groups (broad SMARTS) is 1. The van der Waals surface area contributed by atoms with Crippen LogP contribution in [0.15, 0.2) is 53.3 Å². The second-order valence-electron chi connectivity index (χ2n) is 5.57. The zero-order valence-corrected chi connectivity index (χ0v) is 15.2. The van der Waals surface area contributed by atoms with Crippen molar-refractivity contribution in [2.24, 2.45) is 7.05 Å². The van der Waals surface area contributed by atoms with E-state index in [0.29, 0.717) is 23.3 Å². The number of rotatable bonds is 6. The number of hydrogen-bond acceptors (Lipinski definition) is 4. The molecule has 25 heavy (non-hydrogen) atoms. The average molecular weight is 401 g/mol. The minimum atomic E-state index is -1.00. The molecule has 0 amide bonds. The second-order valence-corrected chi connectivity index (χ2v) is 6.37. The molecule has 0 atom stereocenters. The summed E-state index contributed by atoms with van der Waals surface area (Å²) < 4.78 is 1.88. The highest BCUT2D eigenvalue weighted by Gasteiger charge is 2.18. The number of hydrogen-bond donors (Lipinski definition) is 2. The van der Waals surface area contributed by atoms with E-state index in [1.807, 2.05) is 12.1 Å². The summed E-state index contributed by atoms with van der Waals surface area (Å²) in [6, 6.07) is 12.2. The monoisotopic (exact) mass is 400 g/mol. The number of aryl methyl sites for hydroxylation is 1. The van der Waals surface area contributed by atoms with Crippen LogP contribution >= 0.6 is 15.9 Å². The minimum Gasteiger partial charge on any atom is -0.476 e. The maximum atomic E-state index is 11.2. The normalized spacial score (nSPS) is 10.8. The van der Waals surface area contributed by atoms with E-state index >= 15 is 0 Å². The highest BCUT2D eigenvalue weighted by Crippen LogP contribution is 2.21. The Morgan fingerprint density at radius 1 is 1.12 bits per heavy atom. The van der Waals surface area contributed by atoms with Crippen molar-refractivity contribution < 1.29 is 9.90 Å². The van der Waals surface area contributed by atoms with Crippen molar-refractivity contribution in [3.8, 4) is 11.1 Å². The first-order valence-corrected chi connectivity index (χ1v) is 8.50. The van der Waals surface area contributed by atoms with Crippen LogP contribution < -0.4 is 5.32 Å². The molecule has 2 N–H and O–H groups in total. The molecule has 0 saturated heterocycles. The molecule has 128 valence electrons. The predicted molar refractivity (Wildman–Crippen MR) is 98.1 cm³/mol. The Morgan fingerprint density at radius 2 is 1.76 bits per heavy atom. The van der Waals surface area contributed by atoms with Crippen molar-refractivity contribution in [3.05, 3.63) is 70.2 Å². The standard InChI is InChI=1S/C18H17BrN4O2/c1-23-17(18(24)25)16(19)15(22-23)11-21-10-12-2-4-13(5-3-12)14-6-8-20-9-7-14/h2-9,21H,10-11H2,1H3,(H,24,25). The Labute approximate surface area is 153 Å². The third kappa shape index (κ3) is 3.94. The van der Waals surface area contributed by atoms with E-state index in [9.17, 15) is 4.79 Å². The fraction of sp³-hybridized carbons (Fsp3) is 0.167. The van der Waals surface area contributed by atoms with Crippen LogP contribution in [0.3, 0.4) is 0 Å². The number of nitrogens with zero attached hydrogens (tertiary/aromatic N) is 3. The van der Waals surface area contributed by atoms with Gasteiger partial charge in [0.15, 0.2) is 5.69 Å². The van der Waals surface area contributed by atoms with Crippen molar-refractivity contribution in [2.45, 2.75) is 13.1 Å². The molecule has 7 heteroatoms. The number of carboxylic acids is 1. The lowest BCUT2D eigenvalue weighted by atomic mass is 10.1. The molecule has 0 unspecified atom stereocenters. The smallest absolute Gasteiger partial charge is 0.355 e. The summed E-state index contributed by atoms with van der Waals surface area (Å²) in [4.78, 5) is 15.2. The summed E-state index contributed by atoms with van der Waals surface area (Å²) >= 11 is 3.32. The SMILES string of the molecule is Cn1nc(CNCc2ccc(-c3ccncc3)cc2)c(Br)c1C(=O)O. The van der Waals surface area contributed by atoms with Gasteiger partial charge in [0, 0.05) is 32.5 Å². The fourth-order valence-electron chi connectivity index (χ4n) is 2.58. The van der Waals surface area contributed by atoms with E-state index in [-0.39, 0.29) is 5.69 Å². The zero-order valence-electron chi connectivity index (χ0n) is 13.6. The summed E-state index contributed by atoms with van der Waals surface area (Å²) in [5.41, 5.74) is 4.24.